The summed E-state index contributed by atoms with van der Waals surface area (Å²) in [5.41, 5.74) is 11.6. The Balaban J connectivity index is 1.32. The van der Waals surface area contributed by atoms with Gasteiger partial charge in [-0.1, -0.05) is 109 Å². The Hall–Kier alpha value is -9.09. The number of rotatable bonds is 4. The van der Waals surface area contributed by atoms with Gasteiger partial charge in [-0.2, -0.15) is 15.8 Å². The van der Waals surface area contributed by atoms with Gasteiger partial charge in [-0.25, -0.2) is 0 Å². The Morgan fingerprint density at radius 1 is 0.438 bits per heavy atom. The van der Waals surface area contributed by atoms with Crippen LogP contribution < -0.4 is 0 Å². The number of aromatic nitrogens is 3. The Kier molecular flexibility index (Phi) is 7.49. The molecule has 64 heavy (non-hydrogen) atoms. The van der Waals surface area contributed by atoms with Gasteiger partial charge in [-0.15, -0.1) is 0 Å². The van der Waals surface area contributed by atoms with Crippen LogP contribution in [-0.2, 0) is 6.42 Å². The molecule has 7 heteroatoms. The molecule has 4 aromatic heterocycles. The molecule has 0 fully saturated rings. The number of hydrogen-bond acceptors (Lipinski definition) is 4. The van der Waals surface area contributed by atoms with Gasteiger partial charge in [0.1, 0.15) is 34.6 Å². The van der Waals surface area contributed by atoms with E-state index in [1.807, 2.05) is 84.9 Å². The number of nitriles is 3. The van der Waals surface area contributed by atoms with Crippen molar-refractivity contribution >= 4 is 82.5 Å². The molecule has 0 saturated carbocycles. The van der Waals surface area contributed by atoms with E-state index in [-0.39, 0.29) is 0 Å². The fourth-order valence-electron chi connectivity index (χ4n) is 10.6. The lowest BCUT2D eigenvalue weighted by Gasteiger charge is -2.26. The van der Waals surface area contributed by atoms with Gasteiger partial charge in [0.15, 0.2) is 0 Å². The standard InChI is InChI=1S/C57H32N6O/c58-31-34-25-27-35(28-26-34)52-55(61-45-19-7-1-13-36(45)37-14-2-8-20-46(37)61)43(32-59)54(44(33-60)56(52)62-47-21-9-3-15-38(47)39-16-4-10-22-48(39)62)63-49-23-11-5-18-42(49)53-50(63)30-29-41-40-17-6-12-24-51(40)64-57(41)53/h1-5,7-16,18-30H,6,17H2. The van der Waals surface area contributed by atoms with E-state index in [4.69, 9.17) is 4.42 Å². The SMILES string of the molecule is N#Cc1ccc(-c2c(-n3c4ccccc4c4ccccc43)c(C#N)c(-n3c4ccccc4c4c5oc6c(c5ccc43)CCC=C6)c(C#N)c2-n2c3ccccc3c3ccccc32)cc1. The summed E-state index contributed by atoms with van der Waals surface area (Å²) in [6.07, 6.45) is 6.07. The molecule has 0 saturated heterocycles. The second-order valence-corrected chi connectivity index (χ2v) is 16.4. The lowest BCUT2D eigenvalue weighted by atomic mass is 9.91. The van der Waals surface area contributed by atoms with E-state index in [2.05, 4.69) is 117 Å². The highest BCUT2D eigenvalue weighted by atomic mass is 16.3. The predicted octanol–water partition coefficient (Wildman–Crippen LogP) is 14.0. The summed E-state index contributed by atoms with van der Waals surface area (Å²) in [4.78, 5) is 0. The van der Waals surface area contributed by atoms with Crippen molar-refractivity contribution in [1.29, 1.82) is 15.8 Å². The first kappa shape index (κ1) is 35.6. The van der Waals surface area contributed by atoms with Crippen molar-refractivity contribution in [2.24, 2.45) is 0 Å². The Morgan fingerprint density at radius 3 is 1.41 bits per heavy atom. The number of para-hydroxylation sites is 5. The molecular weight excluding hydrogens is 785 g/mol. The first-order valence-corrected chi connectivity index (χ1v) is 21.3. The molecule has 0 aliphatic heterocycles. The molecule has 8 aromatic carbocycles. The number of hydrogen-bond donors (Lipinski definition) is 0. The fourth-order valence-corrected chi connectivity index (χ4v) is 10.6. The maximum atomic E-state index is 12.0. The summed E-state index contributed by atoms with van der Waals surface area (Å²) in [5.74, 6) is 0.870. The van der Waals surface area contributed by atoms with Gasteiger partial charge >= 0.3 is 0 Å². The zero-order chi connectivity index (χ0) is 42.6. The third-order valence-corrected chi connectivity index (χ3v) is 13.2. The lowest BCUT2D eigenvalue weighted by molar-refractivity contribution is 0.598. The minimum atomic E-state index is 0.330. The van der Waals surface area contributed by atoms with Crippen molar-refractivity contribution in [2.75, 3.05) is 0 Å². The average molecular weight is 817 g/mol. The first-order valence-electron chi connectivity index (χ1n) is 21.3. The second kappa shape index (κ2) is 13.5. The monoisotopic (exact) mass is 816 g/mol. The third-order valence-electron chi connectivity index (χ3n) is 13.2. The van der Waals surface area contributed by atoms with Crippen LogP contribution in [-0.4, -0.2) is 13.7 Å². The third kappa shape index (κ3) is 4.71. The predicted molar refractivity (Wildman–Crippen MR) is 256 cm³/mol. The van der Waals surface area contributed by atoms with Crippen LogP contribution in [0.2, 0.25) is 0 Å². The first-order chi connectivity index (χ1) is 31.7. The zero-order valence-corrected chi connectivity index (χ0v) is 34.2. The highest BCUT2D eigenvalue weighted by Gasteiger charge is 2.33. The molecule has 1 aliphatic carbocycles. The largest absolute Gasteiger partial charge is 0.456 e. The van der Waals surface area contributed by atoms with Crippen LogP contribution in [0.5, 0.6) is 0 Å². The van der Waals surface area contributed by atoms with Crippen LogP contribution >= 0.6 is 0 Å². The van der Waals surface area contributed by atoms with Crippen LogP contribution in [0.4, 0.5) is 0 Å². The van der Waals surface area contributed by atoms with Gasteiger partial charge in [-0.3, -0.25) is 0 Å². The lowest BCUT2D eigenvalue weighted by Crippen LogP contribution is -2.14. The number of allylic oxidation sites excluding steroid dienone is 1. The normalized spacial score (nSPS) is 12.5. The van der Waals surface area contributed by atoms with Gasteiger partial charge in [-0.05, 0) is 79.1 Å². The van der Waals surface area contributed by atoms with Gasteiger partial charge < -0.3 is 18.1 Å². The molecular formula is C57H32N6O. The van der Waals surface area contributed by atoms with Gasteiger partial charge in [0.05, 0.1) is 67.2 Å². The van der Waals surface area contributed by atoms with Crippen molar-refractivity contribution in [1.82, 2.24) is 13.7 Å². The van der Waals surface area contributed by atoms with Crippen LogP contribution in [0.25, 0.3) is 111 Å². The van der Waals surface area contributed by atoms with Crippen molar-refractivity contribution in [3.63, 3.8) is 0 Å². The van der Waals surface area contributed by atoms with Gasteiger partial charge in [0.25, 0.3) is 0 Å². The van der Waals surface area contributed by atoms with E-state index in [0.717, 1.165) is 101 Å². The highest BCUT2D eigenvalue weighted by Crippen LogP contribution is 2.49. The molecule has 0 bridgehead atoms. The minimum Gasteiger partial charge on any atom is -0.456 e. The Bertz CT molecular complexity index is 3910. The van der Waals surface area contributed by atoms with E-state index in [0.29, 0.717) is 39.3 Å². The number of benzene rings is 8. The summed E-state index contributed by atoms with van der Waals surface area (Å²) >= 11 is 0. The molecule has 0 spiro atoms. The van der Waals surface area contributed by atoms with Crippen LogP contribution in [0, 0.1) is 34.0 Å². The molecule has 296 valence electrons. The molecule has 13 rings (SSSR count). The maximum absolute atomic E-state index is 12.0. The van der Waals surface area contributed by atoms with Crippen LogP contribution in [0.1, 0.15) is 34.4 Å². The van der Waals surface area contributed by atoms with Crippen LogP contribution in [0.3, 0.4) is 0 Å². The van der Waals surface area contributed by atoms with E-state index in [1.54, 1.807) is 0 Å². The molecule has 0 amide bonds. The quantitative estimate of drug-likeness (QED) is 0.177. The highest BCUT2D eigenvalue weighted by molar-refractivity contribution is 6.21. The van der Waals surface area contributed by atoms with Crippen molar-refractivity contribution in [3.05, 3.63) is 192 Å². The van der Waals surface area contributed by atoms with Crippen molar-refractivity contribution in [3.8, 4) is 46.4 Å². The molecule has 0 radical (unpaired) electrons. The van der Waals surface area contributed by atoms with E-state index >= 15 is 0 Å². The smallest absolute Gasteiger partial charge is 0.145 e. The Morgan fingerprint density at radius 2 is 0.906 bits per heavy atom. The summed E-state index contributed by atoms with van der Waals surface area (Å²) < 4.78 is 13.3. The number of aryl methyl sites for hydroxylation is 1. The topological polar surface area (TPSA) is 99.3 Å². The fraction of sp³-hybridized carbons (Fsp3) is 0.0351. The molecule has 4 heterocycles. The summed E-state index contributed by atoms with van der Waals surface area (Å²) in [6.45, 7) is 0. The molecule has 0 N–H and O–H groups in total. The molecule has 0 unspecified atom stereocenters. The zero-order valence-electron chi connectivity index (χ0n) is 34.2. The number of nitrogens with zero attached hydrogens (tertiary/aromatic N) is 6. The average Bonchev–Trinajstić information content (AvgIpc) is 4.09. The maximum Gasteiger partial charge on any atom is 0.145 e. The molecule has 12 aromatic rings. The van der Waals surface area contributed by atoms with E-state index in [1.165, 1.54) is 5.56 Å². The van der Waals surface area contributed by atoms with E-state index in [9.17, 15) is 15.8 Å². The van der Waals surface area contributed by atoms with Crippen molar-refractivity contribution < 1.29 is 4.42 Å². The number of furan rings is 1. The van der Waals surface area contributed by atoms with Gasteiger partial charge in [0, 0.05) is 43.4 Å². The van der Waals surface area contributed by atoms with Gasteiger partial charge in [0.2, 0.25) is 0 Å². The molecule has 1 aliphatic rings. The van der Waals surface area contributed by atoms with Crippen LogP contribution in [0.15, 0.2) is 168 Å². The minimum absolute atomic E-state index is 0.330. The summed E-state index contributed by atoms with van der Waals surface area (Å²) in [7, 11) is 0. The molecule has 0 atom stereocenters. The second-order valence-electron chi connectivity index (χ2n) is 16.4. The summed E-state index contributed by atoms with van der Waals surface area (Å²) in [5, 5.41) is 41.2. The molecule has 7 nitrogen and oxygen atoms in total. The van der Waals surface area contributed by atoms with Crippen molar-refractivity contribution in [2.45, 2.75) is 12.8 Å². The Labute approximate surface area is 366 Å². The van der Waals surface area contributed by atoms with E-state index < -0.39 is 0 Å². The number of fused-ring (bicyclic) bond motifs is 13. The summed E-state index contributed by atoms with van der Waals surface area (Å²) in [6, 6.07) is 60.9.